The average molecular weight is 1120 g/mol. The van der Waals surface area contributed by atoms with Gasteiger partial charge in [0.05, 0.1) is 0 Å². The molecule has 0 aromatic carbocycles. The van der Waals surface area contributed by atoms with E-state index in [2.05, 4.69) is 106 Å². The number of ether oxygens (including phenoxy) is 3. The van der Waals surface area contributed by atoms with Crippen LogP contribution in [0.2, 0.25) is 0 Å². The van der Waals surface area contributed by atoms with Crippen LogP contribution >= 0.6 is 0 Å². The topological polar surface area (TPSA) is 78.9 Å². The Kier molecular flexibility index (Phi) is 65.2. The molecule has 0 aliphatic heterocycles. The Hall–Kier alpha value is -3.41. The molecule has 0 saturated heterocycles. The number of carbonyl (C=O) groups excluding carboxylic acids is 3. The van der Waals surface area contributed by atoms with Crippen molar-refractivity contribution in [1.82, 2.24) is 0 Å². The molecule has 0 heterocycles. The molecule has 462 valence electrons. The number of hydrogen-bond acceptors (Lipinski definition) is 6. The number of rotatable bonds is 63. The van der Waals surface area contributed by atoms with Gasteiger partial charge in [-0.25, -0.2) is 0 Å². The minimum absolute atomic E-state index is 0.0818. The average Bonchev–Trinajstić information content (AvgIpc) is 3.46. The quantitative estimate of drug-likeness (QED) is 0.0261. The van der Waals surface area contributed by atoms with E-state index in [1.54, 1.807) is 0 Å². The van der Waals surface area contributed by atoms with E-state index in [0.717, 1.165) is 103 Å². The summed E-state index contributed by atoms with van der Waals surface area (Å²) in [5, 5.41) is 0. The van der Waals surface area contributed by atoms with Crippen LogP contribution in [-0.2, 0) is 28.6 Å². The van der Waals surface area contributed by atoms with Gasteiger partial charge in [0.25, 0.3) is 0 Å². The summed E-state index contributed by atoms with van der Waals surface area (Å²) < 4.78 is 17.0. The normalized spacial score (nSPS) is 12.6. The van der Waals surface area contributed by atoms with Crippen molar-refractivity contribution < 1.29 is 28.6 Å². The third-order valence-corrected chi connectivity index (χ3v) is 15.1. The maximum atomic E-state index is 13.0. The SMILES string of the molecule is CC/C=C\C/C=C\C/C=C\C/C=C\CCCCCCCCCCCCC(=O)OCC(COC(=O)CCCCCCC/C=C\C/C=C\CCCCCC)OC(=O)CCCCCCCCCCCCC/C=C\CCCCCCCCCC. The molecule has 0 aliphatic carbocycles. The molecule has 0 saturated carbocycles. The monoisotopic (exact) mass is 1110 g/mol. The molecule has 0 aromatic rings. The zero-order valence-electron chi connectivity index (χ0n) is 53.1. The smallest absolute Gasteiger partial charge is 0.306 e. The molecule has 0 bridgehead atoms. The Bertz CT molecular complexity index is 1520. The largest absolute Gasteiger partial charge is 0.462 e. The van der Waals surface area contributed by atoms with Gasteiger partial charge in [-0.1, -0.05) is 298 Å². The number of unbranched alkanes of at least 4 members (excludes halogenated alkanes) is 38. The lowest BCUT2D eigenvalue weighted by molar-refractivity contribution is -0.167. The summed E-state index contributed by atoms with van der Waals surface area (Å²) in [6, 6.07) is 0. The highest BCUT2D eigenvalue weighted by Gasteiger charge is 2.19. The fourth-order valence-corrected chi connectivity index (χ4v) is 9.93. The first-order valence-corrected chi connectivity index (χ1v) is 34.6. The van der Waals surface area contributed by atoms with Gasteiger partial charge in [-0.05, 0) is 116 Å². The van der Waals surface area contributed by atoms with Crippen LogP contribution in [0.1, 0.15) is 348 Å². The van der Waals surface area contributed by atoms with Crippen LogP contribution in [0.25, 0.3) is 0 Å². The predicted molar refractivity (Wildman–Crippen MR) is 348 cm³/mol. The van der Waals surface area contributed by atoms with Crippen LogP contribution in [0.4, 0.5) is 0 Å². The number of carbonyl (C=O) groups is 3. The molecule has 0 radical (unpaired) electrons. The second-order valence-corrected chi connectivity index (χ2v) is 23.1. The summed E-state index contributed by atoms with van der Waals surface area (Å²) in [6.45, 7) is 6.54. The van der Waals surface area contributed by atoms with Gasteiger partial charge in [-0.3, -0.25) is 14.4 Å². The summed E-state index contributed by atoms with van der Waals surface area (Å²) in [6.07, 6.45) is 90.2. The lowest BCUT2D eigenvalue weighted by Crippen LogP contribution is -2.30. The van der Waals surface area contributed by atoms with E-state index in [1.165, 1.54) is 205 Å². The number of allylic oxidation sites excluding steroid dienone is 14. The third-order valence-electron chi connectivity index (χ3n) is 15.1. The van der Waals surface area contributed by atoms with Crippen molar-refractivity contribution in [3.63, 3.8) is 0 Å². The van der Waals surface area contributed by atoms with Gasteiger partial charge in [-0.15, -0.1) is 0 Å². The molecule has 0 rings (SSSR count). The van der Waals surface area contributed by atoms with Crippen molar-refractivity contribution in [2.24, 2.45) is 0 Å². The molecule has 1 unspecified atom stereocenters. The van der Waals surface area contributed by atoms with E-state index in [4.69, 9.17) is 14.2 Å². The molecular weight excluding hydrogens is 985 g/mol. The van der Waals surface area contributed by atoms with Gasteiger partial charge in [0, 0.05) is 19.3 Å². The molecule has 0 amide bonds. The Morgan fingerprint density at radius 1 is 0.263 bits per heavy atom. The van der Waals surface area contributed by atoms with Crippen LogP contribution in [0.3, 0.4) is 0 Å². The second kappa shape index (κ2) is 68.1. The summed E-state index contributed by atoms with van der Waals surface area (Å²) in [4.78, 5) is 38.4. The highest BCUT2D eigenvalue weighted by molar-refractivity contribution is 5.71. The fraction of sp³-hybridized carbons (Fsp3) is 0.770. The first kappa shape index (κ1) is 76.6. The first-order valence-electron chi connectivity index (χ1n) is 34.6. The third kappa shape index (κ3) is 65.4. The zero-order chi connectivity index (χ0) is 57.8. The van der Waals surface area contributed by atoms with Crippen molar-refractivity contribution in [2.75, 3.05) is 13.2 Å². The molecule has 6 heteroatoms. The van der Waals surface area contributed by atoms with Gasteiger partial charge in [-0.2, -0.15) is 0 Å². The summed E-state index contributed by atoms with van der Waals surface area (Å²) in [5.74, 6) is -0.883. The fourth-order valence-electron chi connectivity index (χ4n) is 9.93. The Labute approximate surface area is 496 Å². The Balaban J connectivity index is 4.36. The van der Waals surface area contributed by atoms with Crippen molar-refractivity contribution in [1.29, 1.82) is 0 Å². The Morgan fingerprint density at radius 2 is 0.487 bits per heavy atom. The molecule has 0 N–H and O–H groups in total. The van der Waals surface area contributed by atoms with Crippen molar-refractivity contribution >= 4 is 17.9 Å². The summed E-state index contributed by atoms with van der Waals surface area (Å²) in [5.41, 5.74) is 0. The lowest BCUT2D eigenvalue weighted by atomic mass is 10.0. The van der Waals surface area contributed by atoms with Crippen molar-refractivity contribution in [3.8, 4) is 0 Å². The predicted octanol–water partition coefficient (Wildman–Crippen LogP) is 23.8. The molecule has 1 atom stereocenters. The number of esters is 3. The molecule has 0 spiro atoms. The van der Waals surface area contributed by atoms with Crippen LogP contribution in [0.15, 0.2) is 85.1 Å². The van der Waals surface area contributed by atoms with Crippen molar-refractivity contribution in [3.05, 3.63) is 85.1 Å². The number of hydrogen-bond donors (Lipinski definition) is 0. The molecule has 80 heavy (non-hydrogen) atoms. The second-order valence-electron chi connectivity index (χ2n) is 23.1. The minimum Gasteiger partial charge on any atom is -0.462 e. The molecular formula is C74H130O6. The molecule has 0 aliphatic rings. The first-order chi connectivity index (χ1) is 39.5. The van der Waals surface area contributed by atoms with Crippen LogP contribution < -0.4 is 0 Å². The summed E-state index contributed by atoms with van der Waals surface area (Å²) in [7, 11) is 0. The maximum Gasteiger partial charge on any atom is 0.306 e. The van der Waals surface area contributed by atoms with Crippen LogP contribution in [0.5, 0.6) is 0 Å². The van der Waals surface area contributed by atoms with E-state index < -0.39 is 6.10 Å². The van der Waals surface area contributed by atoms with E-state index in [-0.39, 0.29) is 31.1 Å². The van der Waals surface area contributed by atoms with Gasteiger partial charge in [0.1, 0.15) is 13.2 Å². The van der Waals surface area contributed by atoms with Gasteiger partial charge in [0.2, 0.25) is 0 Å². The standard InChI is InChI=1S/C74H130O6/c1-4-7-10-13-16-19-22-25-28-31-33-35-37-39-41-43-46-49-52-55-58-61-64-67-73(76)79-70-71(69-78-72(75)66-63-60-57-54-51-48-45-30-27-24-21-18-15-12-9-6-3)80-74(77)68-65-62-59-56-53-50-47-44-42-40-38-36-34-32-29-26-23-20-17-14-11-8-5-2/h7,10,16,19,21,24-25,28,30,32-35,45,71H,4-6,8-9,11-15,17-18,20,22-23,26-27,29,31,36-44,46-70H2,1-3H3/b10-7-,19-16-,24-21-,28-25-,34-32-,35-33-,45-30-. The zero-order valence-corrected chi connectivity index (χ0v) is 53.1. The molecule has 0 aromatic heterocycles. The molecule has 6 nitrogen and oxygen atoms in total. The van der Waals surface area contributed by atoms with Crippen LogP contribution in [-0.4, -0.2) is 37.2 Å². The minimum atomic E-state index is -0.787. The van der Waals surface area contributed by atoms with Gasteiger partial charge < -0.3 is 14.2 Å². The highest BCUT2D eigenvalue weighted by atomic mass is 16.6. The van der Waals surface area contributed by atoms with E-state index in [0.29, 0.717) is 19.3 Å². The van der Waals surface area contributed by atoms with E-state index in [1.807, 2.05) is 0 Å². The maximum absolute atomic E-state index is 13.0. The summed E-state index contributed by atoms with van der Waals surface area (Å²) >= 11 is 0. The Morgan fingerprint density at radius 3 is 0.787 bits per heavy atom. The molecule has 0 fully saturated rings. The van der Waals surface area contributed by atoms with Gasteiger partial charge >= 0.3 is 17.9 Å². The van der Waals surface area contributed by atoms with Crippen molar-refractivity contribution in [2.45, 2.75) is 354 Å². The van der Waals surface area contributed by atoms with E-state index >= 15 is 0 Å². The van der Waals surface area contributed by atoms with Crippen LogP contribution in [0, 0.1) is 0 Å². The highest BCUT2D eigenvalue weighted by Crippen LogP contribution is 2.17. The van der Waals surface area contributed by atoms with Gasteiger partial charge in [0.15, 0.2) is 6.10 Å². The lowest BCUT2D eigenvalue weighted by Gasteiger charge is -2.18. The van der Waals surface area contributed by atoms with E-state index in [9.17, 15) is 14.4 Å².